The van der Waals surface area contributed by atoms with E-state index in [-0.39, 0.29) is 17.9 Å². The van der Waals surface area contributed by atoms with Crippen molar-refractivity contribution in [3.8, 4) is 11.5 Å². The van der Waals surface area contributed by atoms with Gasteiger partial charge in [-0.05, 0) is 12.1 Å². The van der Waals surface area contributed by atoms with Crippen LogP contribution < -0.4 is 15.4 Å². The van der Waals surface area contributed by atoms with Crippen LogP contribution in [0.2, 0.25) is 0 Å². The average molecular weight is 269 g/mol. The van der Waals surface area contributed by atoms with Gasteiger partial charge in [-0.1, -0.05) is 17.7 Å². The summed E-state index contributed by atoms with van der Waals surface area (Å²) in [6.07, 6.45) is 0.397. The first-order valence-corrected chi connectivity index (χ1v) is 5.97. The first-order chi connectivity index (χ1) is 8.54. The van der Waals surface area contributed by atoms with E-state index in [0.717, 1.165) is 11.5 Å². The van der Waals surface area contributed by atoms with Crippen molar-refractivity contribution in [2.24, 2.45) is 0 Å². The molecule has 4 rings (SSSR count). The molecule has 6 heteroatoms. The molecule has 1 aromatic rings. The van der Waals surface area contributed by atoms with Gasteiger partial charge in [0.05, 0.1) is 12.5 Å². The van der Waals surface area contributed by atoms with Gasteiger partial charge in [-0.15, -0.1) is 0 Å². The van der Waals surface area contributed by atoms with E-state index in [1.54, 1.807) is 0 Å². The van der Waals surface area contributed by atoms with E-state index in [1.807, 2.05) is 24.3 Å². The lowest BCUT2D eigenvalue weighted by atomic mass is 10.1. The van der Waals surface area contributed by atoms with Gasteiger partial charge >= 0.3 is 0 Å². The van der Waals surface area contributed by atoms with Crippen molar-refractivity contribution in [2.45, 2.75) is 24.9 Å². The Morgan fingerprint density at radius 3 is 2.39 bits per heavy atom. The van der Waals surface area contributed by atoms with Crippen LogP contribution in [0.3, 0.4) is 0 Å². The molecule has 0 radical (unpaired) electrons. The minimum atomic E-state index is -0.481. The van der Waals surface area contributed by atoms with E-state index in [1.165, 1.54) is 6.92 Å². The largest absolute Gasteiger partial charge is 0.457 e. The van der Waals surface area contributed by atoms with Gasteiger partial charge < -0.3 is 15.4 Å². The lowest BCUT2D eigenvalue weighted by Crippen LogP contribution is -2.57. The van der Waals surface area contributed by atoms with Crippen molar-refractivity contribution in [3.63, 3.8) is 0 Å². The number of rotatable bonds is 2. The van der Waals surface area contributed by atoms with Crippen LogP contribution in [0.5, 0.6) is 11.5 Å². The molecule has 0 saturated carbocycles. The molecule has 2 amide bonds. The van der Waals surface area contributed by atoms with Gasteiger partial charge in [0, 0.05) is 13.0 Å². The predicted molar refractivity (Wildman–Crippen MR) is 66.5 cm³/mol. The maximum absolute atomic E-state index is 10.5. The number of hydrogen-bond acceptors (Lipinski definition) is 3. The molecule has 1 aromatic carbocycles. The average Bonchev–Trinajstić information content (AvgIpc) is 2.25. The fourth-order valence-electron chi connectivity index (χ4n) is 1.54. The monoisotopic (exact) mass is 268 g/mol. The summed E-state index contributed by atoms with van der Waals surface area (Å²) >= 11 is 5.70. The van der Waals surface area contributed by atoms with E-state index in [0.29, 0.717) is 6.42 Å². The molecular formula is C12H13ClN2O3. The lowest BCUT2D eigenvalue weighted by molar-refractivity contribution is -0.129. The van der Waals surface area contributed by atoms with E-state index in [4.69, 9.17) is 16.3 Å². The molecule has 18 heavy (non-hydrogen) atoms. The summed E-state index contributed by atoms with van der Waals surface area (Å²) in [5.74, 6) is 1.76. The lowest BCUT2D eigenvalue weighted by Gasteiger charge is -2.30. The smallest absolute Gasteiger partial charge is 0.222 e. The number of carbonyl (C=O) groups is 2. The van der Waals surface area contributed by atoms with Crippen molar-refractivity contribution in [3.05, 3.63) is 24.3 Å². The van der Waals surface area contributed by atoms with E-state index in [9.17, 15) is 9.59 Å². The van der Waals surface area contributed by atoms with Gasteiger partial charge in [0.25, 0.3) is 0 Å². The molecule has 96 valence electrons. The molecule has 2 N–H and O–H groups in total. The van der Waals surface area contributed by atoms with Crippen LogP contribution in [0.15, 0.2) is 24.3 Å². The van der Waals surface area contributed by atoms with Crippen LogP contribution in [-0.4, -0.2) is 23.4 Å². The molecule has 3 aliphatic rings. The highest BCUT2D eigenvalue weighted by atomic mass is 35.5. The quantitative estimate of drug-likeness (QED) is 0.491. The van der Waals surface area contributed by atoms with Crippen LogP contribution in [-0.2, 0) is 9.59 Å². The number of amides is 2. The SMILES string of the molecule is CC(=O)NC(Cl)C1CC(=O)N1.c1cc2cc(c1)O2. The Bertz CT molecular complexity index is 445. The summed E-state index contributed by atoms with van der Waals surface area (Å²) in [7, 11) is 0. The van der Waals surface area contributed by atoms with Crippen molar-refractivity contribution in [1.29, 1.82) is 0 Å². The zero-order chi connectivity index (χ0) is 13.1. The third-order valence-electron chi connectivity index (χ3n) is 2.49. The van der Waals surface area contributed by atoms with Gasteiger partial charge in [-0.2, -0.15) is 0 Å². The normalized spacial score (nSPS) is 19.9. The number of hydrogen-bond donors (Lipinski definition) is 2. The Labute approximate surface area is 109 Å². The van der Waals surface area contributed by atoms with Crippen molar-refractivity contribution in [1.82, 2.24) is 10.6 Å². The Hall–Kier alpha value is -1.75. The molecule has 0 spiro atoms. The molecule has 1 fully saturated rings. The van der Waals surface area contributed by atoms with Crippen molar-refractivity contribution in [2.75, 3.05) is 0 Å². The summed E-state index contributed by atoms with van der Waals surface area (Å²) in [5, 5.41) is 5.04. The van der Waals surface area contributed by atoms with Crippen LogP contribution in [0.4, 0.5) is 0 Å². The third-order valence-corrected chi connectivity index (χ3v) is 2.90. The Morgan fingerprint density at radius 1 is 1.56 bits per heavy atom. The maximum Gasteiger partial charge on any atom is 0.222 e. The number of β-lactam (4-membered cyclic amide) rings is 1. The summed E-state index contributed by atoms with van der Waals surface area (Å²) in [4.78, 5) is 20.9. The number of alkyl halides is 1. The van der Waals surface area contributed by atoms with Crippen molar-refractivity contribution < 1.29 is 14.3 Å². The second-order valence-electron chi connectivity index (χ2n) is 4.06. The number of benzene rings is 1. The zero-order valence-electron chi connectivity index (χ0n) is 9.77. The van der Waals surface area contributed by atoms with E-state index in [2.05, 4.69) is 10.6 Å². The molecule has 0 aromatic heterocycles. The van der Waals surface area contributed by atoms with Crippen LogP contribution in [0.25, 0.3) is 0 Å². The van der Waals surface area contributed by atoms with Gasteiger partial charge in [0.15, 0.2) is 0 Å². The molecule has 0 aliphatic carbocycles. The summed E-state index contributed by atoms with van der Waals surface area (Å²) in [6.45, 7) is 1.38. The predicted octanol–water partition coefficient (Wildman–Crippen LogP) is 1.37. The molecule has 3 aliphatic heterocycles. The fraction of sp³-hybridized carbons (Fsp3) is 0.333. The molecule has 2 bridgehead atoms. The van der Waals surface area contributed by atoms with Crippen molar-refractivity contribution >= 4 is 23.4 Å². The molecule has 5 nitrogen and oxygen atoms in total. The number of carbonyl (C=O) groups excluding carboxylic acids is 2. The van der Waals surface area contributed by atoms with Gasteiger partial charge in [-0.25, -0.2) is 0 Å². The van der Waals surface area contributed by atoms with Gasteiger partial charge in [-0.3, -0.25) is 9.59 Å². The molecule has 2 unspecified atom stereocenters. The van der Waals surface area contributed by atoms with E-state index >= 15 is 0 Å². The fourth-order valence-corrected chi connectivity index (χ4v) is 1.84. The second-order valence-corrected chi connectivity index (χ2v) is 4.53. The number of fused-ring (bicyclic) bond motifs is 2. The summed E-state index contributed by atoms with van der Waals surface area (Å²) in [5.41, 5.74) is -0.481. The van der Waals surface area contributed by atoms with Crippen LogP contribution in [0, 0.1) is 0 Å². The maximum atomic E-state index is 10.5. The standard InChI is InChI=1S/C6H9ClN2O2.C6H4O/c1-3(10)8-6(7)4-2-5(11)9-4;1-2-5-4-6(3-1)7-5/h4,6H,2H2,1H3,(H,8,10)(H,9,11);1-4H. The molecular weight excluding hydrogens is 256 g/mol. The minimum absolute atomic E-state index is 0.0222. The van der Waals surface area contributed by atoms with Crippen LogP contribution in [0.1, 0.15) is 13.3 Å². The highest BCUT2D eigenvalue weighted by Gasteiger charge is 2.31. The highest BCUT2D eigenvalue weighted by Crippen LogP contribution is 2.32. The number of halogens is 1. The summed E-state index contributed by atoms with van der Waals surface area (Å²) in [6, 6.07) is 7.75. The Balaban J connectivity index is 0.000000146. The second kappa shape index (κ2) is 5.27. The number of nitrogens with one attached hydrogen (secondary N) is 2. The van der Waals surface area contributed by atoms with Gasteiger partial charge in [0.1, 0.15) is 17.0 Å². The van der Waals surface area contributed by atoms with E-state index < -0.39 is 5.50 Å². The van der Waals surface area contributed by atoms with Crippen LogP contribution >= 0.6 is 11.6 Å². The Kier molecular flexibility index (Phi) is 3.72. The molecule has 1 saturated heterocycles. The molecule has 2 atom stereocenters. The Morgan fingerprint density at radius 2 is 2.11 bits per heavy atom. The topological polar surface area (TPSA) is 67.4 Å². The minimum Gasteiger partial charge on any atom is -0.457 e. The molecule has 3 heterocycles. The first-order valence-electron chi connectivity index (χ1n) is 5.53. The number of ether oxygens (including phenoxy) is 1. The third kappa shape index (κ3) is 3.13. The highest BCUT2D eigenvalue weighted by molar-refractivity contribution is 6.22. The first kappa shape index (κ1) is 12.7. The van der Waals surface area contributed by atoms with Gasteiger partial charge in [0.2, 0.25) is 11.8 Å². The summed E-state index contributed by atoms with van der Waals surface area (Å²) < 4.78 is 5.01. The zero-order valence-corrected chi connectivity index (χ0v) is 10.5.